The number of ether oxygens (including phenoxy) is 1. The van der Waals surface area contributed by atoms with Gasteiger partial charge in [-0.25, -0.2) is 4.79 Å². The van der Waals surface area contributed by atoms with Gasteiger partial charge >= 0.3 is 12.1 Å². The second-order valence-electron chi connectivity index (χ2n) is 3.31. The van der Waals surface area contributed by atoms with Crippen LogP contribution < -0.4 is 4.74 Å². The standard InChI is InChI=1S/C10H8F3IO4/c11-10(12,13)8(15)4-18-7-2-1-5(14)3-6(7)9(16)17/h1-3,8,15H,4H2,(H,16,17). The molecule has 0 aliphatic heterocycles. The van der Waals surface area contributed by atoms with Crippen LogP contribution in [-0.2, 0) is 0 Å². The molecule has 0 heterocycles. The van der Waals surface area contributed by atoms with Crippen LogP contribution in [0, 0.1) is 3.57 Å². The lowest BCUT2D eigenvalue weighted by molar-refractivity contribution is -0.210. The van der Waals surface area contributed by atoms with E-state index in [0.29, 0.717) is 3.57 Å². The van der Waals surface area contributed by atoms with Crippen LogP contribution in [0.15, 0.2) is 18.2 Å². The van der Waals surface area contributed by atoms with E-state index in [0.717, 1.165) is 0 Å². The Hall–Kier alpha value is -1.03. The van der Waals surface area contributed by atoms with Gasteiger partial charge in [-0.15, -0.1) is 0 Å². The summed E-state index contributed by atoms with van der Waals surface area (Å²) in [6, 6.07) is 3.99. The first-order valence-electron chi connectivity index (χ1n) is 4.62. The van der Waals surface area contributed by atoms with Crippen molar-refractivity contribution in [2.75, 3.05) is 6.61 Å². The maximum Gasteiger partial charge on any atom is 0.417 e. The molecule has 1 aromatic carbocycles. The summed E-state index contributed by atoms with van der Waals surface area (Å²) in [7, 11) is 0. The van der Waals surface area contributed by atoms with Crippen molar-refractivity contribution in [2.45, 2.75) is 12.3 Å². The number of hydrogen-bond acceptors (Lipinski definition) is 3. The van der Waals surface area contributed by atoms with Crippen molar-refractivity contribution >= 4 is 28.6 Å². The molecular formula is C10H8F3IO4. The van der Waals surface area contributed by atoms with E-state index in [-0.39, 0.29) is 11.3 Å². The molecule has 0 aromatic heterocycles. The van der Waals surface area contributed by atoms with E-state index in [4.69, 9.17) is 10.2 Å². The molecule has 1 rings (SSSR count). The van der Waals surface area contributed by atoms with Crippen molar-refractivity contribution in [2.24, 2.45) is 0 Å². The van der Waals surface area contributed by atoms with Crippen LogP contribution in [0.3, 0.4) is 0 Å². The van der Waals surface area contributed by atoms with Gasteiger partial charge in [0.25, 0.3) is 0 Å². The molecule has 0 fully saturated rings. The molecule has 1 aromatic rings. The first-order valence-corrected chi connectivity index (χ1v) is 5.70. The van der Waals surface area contributed by atoms with Crippen molar-refractivity contribution in [3.05, 3.63) is 27.3 Å². The second kappa shape index (κ2) is 5.74. The lowest BCUT2D eigenvalue weighted by Crippen LogP contribution is -2.34. The number of hydrogen-bond donors (Lipinski definition) is 2. The zero-order chi connectivity index (χ0) is 13.9. The van der Waals surface area contributed by atoms with Crippen LogP contribution in [0.5, 0.6) is 5.75 Å². The largest absolute Gasteiger partial charge is 0.490 e. The first kappa shape index (κ1) is 15.0. The minimum atomic E-state index is -4.80. The molecule has 0 saturated heterocycles. The van der Waals surface area contributed by atoms with Crippen LogP contribution in [0.1, 0.15) is 10.4 Å². The molecule has 0 spiro atoms. The van der Waals surface area contributed by atoms with Crippen LogP contribution in [0.25, 0.3) is 0 Å². The van der Waals surface area contributed by atoms with E-state index >= 15 is 0 Å². The van der Waals surface area contributed by atoms with Gasteiger partial charge in [0.05, 0.1) is 0 Å². The minimum Gasteiger partial charge on any atom is -0.490 e. The van der Waals surface area contributed by atoms with Crippen LogP contribution >= 0.6 is 22.6 Å². The highest BCUT2D eigenvalue weighted by Gasteiger charge is 2.38. The second-order valence-corrected chi connectivity index (χ2v) is 4.56. The Balaban J connectivity index is 2.82. The fraction of sp³-hybridized carbons (Fsp3) is 0.300. The fourth-order valence-corrected chi connectivity index (χ4v) is 1.55. The third-order valence-electron chi connectivity index (χ3n) is 1.95. The number of carboxylic acids is 1. The van der Waals surface area contributed by atoms with Crippen molar-refractivity contribution in [3.63, 3.8) is 0 Å². The number of aromatic carboxylic acids is 1. The van der Waals surface area contributed by atoms with E-state index in [9.17, 15) is 18.0 Å². The number of halogens is 4. The SMILES string of the molecule is O=C(O)c1cc(I)ccc1OCC(O)C(F)(F)F. The van der Waals surface area contributed by atoms with Crippen molar-refractivity contribution < 1.29 is 32.9 Å². The van der Waals surface area contributed by atoms with E-state index in [2.05, 4.69) is 4.74 Å². The zero-order valence-corrected chi connectivity index (χ0v) is 10.9. The monoisotopic (exact) mass is 376 g/mol. The summed E-state index contributed by atoms with van der Waals surface area (Å²) < 4.78 is 41.4. The van der Waals surface area contributed by atoms with E-state index in [1.807, 2.05) is 22.6 Å². The summed E-state index contributed by atoms with van der Waals surface area (Å²) in [5.41, 5.74) is -0.253. The molecule has 100 valence electrons. The lowest BCUT2D eigenvalue weighted by atomic mass is 10.2. The quantitative estimate of drug-likeness (QED) is 0.792. The maximum atomic E-state index is 12.0. The van der Waals surface area contributed by atoms with Gasteiger partial charge in [-0.1, -0.05) is 0 Å². The van der Waals surface area contributed by atoms with E-state index in [1.54, 1.807) is 0 Å². The number of rotatable bonds is 4. The van der Waals surface area contributed by atoms with Gasteiger partial charge < -0.3 is 14.9 Å². The highest BCUT2D eigenvalue weighted by atomic mass is 127. The summed E-state index contributed by atoms with van der Waals surface area (Å²) in [6.45, 7) is -1.05. The zero-order valence-electron chi connectivity index (χ0n) is 8.74. The summed E-state index contributed by atoms with van der Waals surface area (Å²) >= 11 is 1.86. The lowest BCUT2D eigenvalue weighted by Gasteiger charge is -2.16. The van der Waals surface area contributed by atoms with Gasteiger partial charge in [-0.05, 0) is 40.8 Å². The van der Waals surface area contributed by atoms with Gasteiger partial charge in [0.1, 0.15) is 17.9 Å². The average Bonchev–Trinajstić information content (AvgIpc) is 2.25. The highest BCUT2D eigenvalue weighted by molar-refractivity contribution is 14.1. The Morgan fingerprint density at radius 3 is 2.56 bits per heavy atom. The Kier molecular flexibility index (Phi) is 4.79. The number of carbonyl (C=O) groups is 1. The predicted molar refractivity (Wildman–Crippen MR) is 63.7 cm³/mol. The molecule has 0 aliphatic rings. The topological polar surface area (TPSA) is 66.8 Å². The minimum absolute atomic E-state index is 0.216. The van der Waals surface area contributed by atoms with Crippen molar-refractivity contribution in [1.82, 2.24) is 0 Å². The molecule has 8 heteroatoms. The van der Waals surface area contributed by atoms with Gasteiger partial charge in [0.2, 0.25) is 0 Å². The molecule has 0 radical (unpaired) electrons. The van der Waals surface area contributed by atoms with Crippen molar-refractivity contribution in [1.29, 1.82) is 0 Å². The number of alkyl halides is 3. The molecule has 0 aliphatic carbocycles. The molecule has 1 atom stereocenters. The van der Waals surface area contributed by atoms with Crippen LogP contribution in [0.2, 0.25) is 0 Å². The third kappa shape index (κ3) is 4.02. The summed E-state index contributed by atoms with van der Waals surface area (Å²) in [6.07, 6.45) is -7.45. The molecule has 1 unspecified atom stereocenters. The van der Waals surface area contributed by atoms with Gasteiger partial charge in [0.15, 0.2) is 6.10 Å². The highest BCUT2D eigenvalue weighted by Crippen LogP contribution is 2.24. The maximum absolute atomic E-state index is 12.0. The van der Waals surface area contributed by atoms with Crippen LogP contribution in [0.4, 0.5) is 13.2 Å². The van der Waals surface area contributed by atoms with Gasteiger partial charge in [0, 0.05) is 3.57 Å². The van der Waals surface area contributed by atoms with Gasteiger partial charge in [-0.2, -0.15) is 13.2 Å². The predicted octanol–water partition coefficient (Wildman–Crippen LogP) is 2.29. The number of aliphatic hydroxyl groups is 1. The molecule has 18 heavy (non-hydrogen) atoms. The summed E-state index contributed by atoms with van der Waals surface area (Å²) in [5.74, 6) is -1.53. The van der Waals surface area contributed by atoms with Crippen LogP contribution in [-0.4, -0.2) is 35.1 Å². The number of aliphatic hydroxyl groups excluding tert-OH is 1. The van der Waals surface area contributed by atoms with Gasteiger partial charge in [-0.3, -0.25) is 0 Å². The summed E-state index contributed by atoms with van der Waals surface area (Å²) in [5, 5.41) is 17.6. The molecule has 0 amide bonds. The third-order valence-corrected chi connectivity index (χ3v) is 2.62. The Morgan fingerprint density at radius 1 is 1.44 bits per heavy atom. The smallest absolute Gasteiger partial charge is 0.417 e. The Bertz CT molecular complexity index is 447. The summed E-state index contributed by atoms with van der Waals surface area (Å²) in [4.78, 5) is 10.8. The Morgan fingerprint density at radius 2 is 2.06 bits per heavy atom. The molecule has 4 nitrogen and oxygen atoms in total. The first-order chi connectivity index (χ1) is 8.21. The normalized spacial score (nSPS) is 13.2. The molecule has 0 bridgehead atoms. The fourth-order valence-electron chi connectivity index (χ4n) is 1.06. The Labute approximate surface area is 114 Å². The van der Waals surface area contributed by atoms with E-state index in [1.165, 1.54) is 18.2 Å². The van der Waals surface area contributed by atoms with Crippen molar-refractivity contribution in [3.8, 4) is 5.75 Å². The van der Waals surface area contributed by atoms with E-state index < -0.39 is 24.9 Å². The average molecular weight is 376 g/mol. The number of carboxylic acid groups (broad SMARTS) is 1. The molecule has 2 N–H and O–H groups in total. The number of benzene rings is 1. The molecule has 0 saturated carbocycles. The molecular weight excluding hydrogens is 368 g/mol.